The molecule has 1 atom stereocenters. The molecule has 4 rings (SSSR count). The molecule has 4 aromatic rings. The maximum atomic E-state index is 13.7. The molecule has 0 spiro atoms. The van der Waals surface area contributed by atoms with Crippen molar-refractivity contribution >= 4 is 22.6 Å². The van der Waals surface area contributed by atoms with E-state index >= 15 is 0 Å². The predicted molar refractivity (Wildman–Crippen MR) is 142 cm³/mol. The fourth-order valence-electron chi connectivity index (χ4n) is 4.33. The maximum absolute atomic E-state index is 13.7. The van der Waals surface area contributed by atoms with E-state index in [-0.39, 0.29) is 17.6 Å². The highest BCUT2D eigenvalue weighted by atomic mass is 16.2. The van der Waals surface area contributed by atoms with E-state index < -0.39 is 0 Å². The van der Waals surface area contributed by atoms with Crippen molar-refractivity contribution < 1.29 is 4.79 Å². The molecule has 0 saturated heterocycles. The number of rotatable bonds is 7. The molecular formula is C29H32N4O2. The number of aryl methyl sites for hydroxylation is 2. The largest absolute Gasteiger partial charge is 0.322 e. The van der Waals surface area contributed by atoms with Crippen LogP contribution in [-0.2, 0) is 0 Å². The van der Waals surface area contributed by atoms with Crippen LogP contribution in [0.4, 0.5) is 10.5 Å². The molecule has 1 N–H and O–H groups in total. The van der Waals surface area contributed by atoms with Crippen molar-refractivity contribution in [2.24, 2.45) is 0 Å². The number of fused-ring (bicyclic) bond motifs is 1. The average molecular weight is 469 g/mol. The van der Waals surface area contributed by atoms with E-state index in [1.54, 1.807) is 15.5 Å². The Labute approximate surface area is 206 Å². The van der Waals surface area contributed by atoms with Crippen LogP contribution in [0.3, 0.4) is 0 Å². The smallest absolute Gasteiger partial charge is 0.314 e. The van der Waals surface area contributed by atoms with Gasteiger partial charge in [0.05, 0.1) is 22.6 Å². The van der Waals surface area contributed by atoms with Gasteiger partial charge in [-0.15, -0.1) is 0 Å². The van der Waals surface area contributed by atoms with Crippen molar-refractivity contribution in [3.8, 4) is 5.69 Å². The lowest BCUT2D eigenvalue weighted by Crippen LogP contribution is -2.41. The first-order chi connectivity index (χ1) is 16.9. The number of benzene rings is 3. The third kappa shape index (κ3) is 5.11. The Bertz CT molecular complexity index is 1370. The van der Waals surface area contributed by atoms with Crippen LogP contribution < -0.4 is 10.9 Å². The zero-order valence-electron chi connectivity index (χ0n) is 20.8. The Morgan fingerprint density at radius 3 is 2.20 bits per heavy atom. The van der Waals surface area contributed by atoms with Crippen molar-refractivity contribution in [2.75, 3.05) is 11.9 Å². The predicted octanol–water partition coefficient (Wildman–Crippen LogP) is 6.40. The Morgan fingerprint density at radius 2 is 1.57 bits per heavy atom. The molecule has 6 nitrogen and oxygen atoms in total. The first kappa shape index (κ1) is 24.2. The zero-order chi connectivity index (χ0) is 24.9. The SMILES string of the molecule is CCCN(C(=O)Nc1ccc(C)cc1)C(CC)c1nc2ccccc2c(=O)n1-c1ccc(C)cc1. The second kappa shape index (κ2) is 10.6. The number of nitrogens with zero attached hydrogens (tertiary/aromatic N) is 3. The van der Waals surface area contributed by atoms with E-state index in [9.17, 15) is 9.59 Å². The second-order valence-corrected chi connectivity index (χ2v) is 8.88. The fourth-order valence-corrected chi connectivity index (χ4v) is 4.33. The molecule has 3 aromatic carbocycles. The third-order valence-electron chi connectivity index (χ3n) is 6.18. The van der Waals surface area contributed by atoms with Crippen molar-refractivity contribution in [3.05, 3.63) is 100 Å². The highest BCUT2D eigenvalue weighted by Crippen LogP contribution is 2.27. The Morgan fingerprint density at radius 1 is 0.943 bits per heavy atom. The summed E-state index contributed by atoms with van der Waals surface area (Å²) in [7, 11) is 0. The van der Waals surface area contributed by atoms with Crippen molar-refractivity contribution in [2.45, 2.75) is 46.6 Å². The second-order valence-electron chi connectivity index (χ2n) is 8.88. The number of para-hydroxylation sites is 1. The normalized spacial score (nSPS) is 11.9. The molecule has 0 aliphatic heterocycles. The molecule has 0 bridgehead atoms. The standard InChI is InChI=1S/C29H32N4O2/c1-5-19-32(29(35)30-22-15-11-20(3)12-16-22)26(6-2)27-31-25-10-8-7-9-24(25)28(34)33(27)23-17-13-21(4)14-18-23/h7-18,26H,5-6,19H2,1-4H3,(H,30,35). The number of carbonyl (C=O) groups excluding carboxylic acids is 1. The van der Waals surface area contributed by atoms with Gasteiger partial charge in [0.25, 0.3) is 5.56 Å². The summed E-state index contributed by atoms with van der Waals surface area (Å²) >= 11 is 0. The summed E-state index contributed by atoms with van der Waals surface area (Å²) in [6, 6.07) is 22.3. The van der Waals surface area contributed by atoms with Gasteiger partial charge in [-0.2, -0.15) is 0 Å². The minimum absolute atomic E-state index is 0.136. The quantitative estimate of drug-likeness (QED) is 0.341. The first-order valence-electron chi connectivity index (χ1n) is 12.2. The minimum atomic E-state index is -0.390. The number of anilines is 1. The van der Waals surface area contributed by atoms with E-state index in [1.165, 1.54) is 0 Å². The van der Waals surface area contributed by atoms with E-state index in [0.29, 0.717) is 29.7 Å². The maximum Gasteiger partial charge on any atom is 0.322 e. The Hall–Kier alpha value is -3.93. The number of nitrogens with one attached hydrogen (secondary N) is 1. The average Bonchev–Trinajstić information content (AvgIpc) is 2.86. The summed E-state index contributed by atoms with van der Waals surface area (Å²) in [5, 5.41) is 3.58. The summed E-state index contributed by atoms with van der Waals surface area (Å²) in [5.41, 5.74) is 4.20. The number of aromatic nitrogens is 2. The van der Waals surface area contributed by atoms with Gasteiger partial charge in [-0.3, -0.25) is 9.36 Å². The first-order valence-corrected chi connectivity index (χ1v) is 12.2. The lowest BCUT2D eigenvalue weighted by molar-refractivity contribution is 0.181. The van der Waals surface area contributed by atoms with E-state index in [0.717, 1.165) is 28.9 Å². The van der Waals surface area contributed by atoms with Crippen molar-refractivity contribution in [3.63, 3.8) is 0 Å². The Kier molecular flexibility index (Phi) is 7.30. The highest BCUT2D eigenvalue weighted by molar-refractivity contribution is 5.89. The summed E-state index contributed by atoms with van der Waals surface area (Å²) in [4.78, 5) is 34.0. The fraction of sp³-hybridized carbons (Fsp3) is 0.276. The van der Waals surface area contributed by atoms with Crippen LogP contribution >= 0.6 is 0 Å². The van der Waals surface area contributed by atoms with Crippen LogP contribution in [0.25, 0.3) is 16.6 Å². The van der Waals surface area contributed by atoms with Crippen LogP contribution in [0.15, 0.2) is 77.6 Å². The van der Waals surface area contributed by atoms with E-state index in [4.69, 9.17) is 4.98 Å². The van der Waals surface area contributed by atoms with Crippen molar-refractivity contribution in [1.29, 1.82) is 0 Å². The molecule has 0 radical (unpaired) electrons. The van der Waals surface area contributed by atoms with Crippen LogP contribution in [0.2, 0.25) is 0 Å². The third-order valence-corrected chi connectivity index (χ3v) is 6.18. The molecule has 0 aliphatic carbocycles. The number of hydrogen-bond acceptors (Lipinski definition) is 3. The molecule has 6 heteroatoms. The molecule has 0 saturated carbocycles. The molecule has 1 unspecified atom stereocenters. The summed E-state index contributed by atoms with van der Waals surface area (Å²) in [6.07, 6.45) is 1.39. The molecule has 1 heterocycles. The van der Waals surface area contributed by atoms with Gasteiger partial charge < -0.3 is 10.2 Å². The number of urea groups is 1. The van der Waals surface area contributed by atoms with Gasteiger partial charge in [0.15, 0.2) is 0 Å². The van der Waals surface area contributed by atoms with Crippen LogP contribution in [-0.4, -0.2) is 27.0 Å². The molecule has 35 heavy (non-hydrogen) atoms. The summed E-state index contributed by atoms with van der Waals surface area (Å²) in [5.74, 6) is 0.563. The Balaban J connectivity index is 1.85. The van der Waals surface area contributed by atoms with E-state index in [2.05, 4.69) is 5.32 Å². The summed E-state index contributed by atoms with van der Waals surface area (Å²) < 4.78 is 1.66. The minimum Gasteiger partial charge on any atom is -0.314 e. The highest BCUT2D eigenvalue weighted by Gasteiger charge is 2.28. The van der Waals surface area contributed by atoms with Crippen molar-refractivity contribution in [1.82, 2.24) is 14.5 Å². The lowest BCUT2D eigenvalue weighted by atomic mass is 10.1. The van der Waals surface area contributed by atoms with Gasteiger partial charge in [0.1, 0.15) is 5.82 Å². The van der Waals surface area contributed by atoms with Gasteiger partial charge in [0.2, 0.25) is 0 Å². The van der Waals surface area contributed by atoms with Crippen LogP contribution in [0, 0.1) is 13.8 Å². The molecule has 1 aromatic heterocycles. The number of hydrogen-bond donors (Lipinski definition) is 1. The number of carbonyl (C=O) groups is 1. The van der Waals surface area contributed by atoms with Crippen LogP contribution in [0.5, 0.6) is 0 Å². The van der Waals surface area contributed by atoms with Gasteiger partial charge in [-0.25, -0.2) is 9.78 Å². The lowest BCUT2D eigenvalue weighted by Gasteiger charge is -2.32. The molecular weight excluding hydrogens is 436 g/mol. The van der Waals surface area contributed by atoms with Gasteiger partial charge >= 0.3 is 6.03 Å². The van der Waals surface area contributed by atoms with Crippen LogP contribution in [0.1, 0.15) is 49.7 Å². The van der Waals surface area contributed by atoms with Gasteiger partial charge in [-0.1, -0.05) is 61.4 Å². The summed E-state index contributed by atoms with van der Waals surface area (Å²) in [6.45, 7) is 8.62. The molecule has 0 aliphatic rings. The molecule has 0 fully saturated rings. The molecule has 180 valence electrons. The van der Waals surface area contributed by atoms with E-state index in [1.807, 2.05) is 94.4 Å². The monoisotopic (exact) mass is 468 g/mol. The zero-order valence-corrected chi connectivity index (χ0v) is 20.8. The van der Waals surface area contributed by atoms with Gasteiger partial charge in [-0.05, 0) is 63.1 Å². The number of amides is 2. The molecule has 2 amide bonds. The topological polar surface area (TPSA) is 67.2 Å². The van der Waals surface area contributed by atoms with Gasteiger partial charge in [0, 0.05) is 12.2 Å².